The van der Waals surface area contributed by atoms with Crippen LogP contribution in [0.25, 0.3) is 0 Å². The summed E-state index contributed by atoms with van der Waals surface area (Å²) in [6.07, 6.45) is -0.987. The maximum Gasteiger partial charge on any atom is 0.333 e. The van der Waals surface area contributed by atoms with Gasteiger partial charge in [0.25, 0.3) is 11.8 Å². The van der Waals surface area contributed by atoms with Gasteiger partial charge in [-0.1, -0.05) is 47.5 Å². The molecule has 1 fully saturated rings. The van der Waals surface area contributed by atoms with Gasteiger partial charge in [-0.05, 0) is 24.3 Å². The Bertz CT molecular complexity index is 935. The normalized spacial score (nSPS) is 15.6. The lowest BCUT2D eigenvalue weighted by Crippen LogP contribution is -2.59. The van der Waals surface area contributed by atoms with Crippen LogP contribution in [0.1, 0.15) is 17.5 Å². The molecule has 5 nitrogen and oxygen atoms in total. The van der Waals surface area contributed by atoms with Gasteiger partial charge in [0.15, 0.2) is 0 Å². The van der Waals surface area contributed by atoms with Crippen molar-refractivity contribution >= 4 is 41.0 Å². The Morgan fingerprint density at radius 2 is 1.00 bits per heavy atom. The Labute approximate surface area is 184 Å². The zero-order valence-corrected chi connectivity index (χ0v) is 17.1. The summed E-state index contributed by atoms with van der Waals surface area (Å²) in [7, 11) is 0. The van der Waals surface area contributed by atoms with Crippen LogP contribution in [0.2, 0.25) is 10.0 Å². The molecule has 2 aromatic rings. The molecular formula is C20H14Cl2F4N2O3. The van der Waals surface area contributed by atoms with Gasteiger partial charge in [-0.25, -0.2) is 4.79 Å². The first-order valence-corrected chi connectivity index (χ1v) is 9.59. The third-order valence-electron chi connectivity index (χ3n) is 4.61. The van der Waals surface area contributed by atoms with E-state index in [1.807, 2.05) is 0 Å². The summed E-state index contributed by atoms with van der Waals surface area (Å²) in [4.78, 5) is 37.0. The highest BCUT2D eigenvalue weighted by atomic mass is 35.5. The summed E-state index contributed by atoms with van der Waals surface area (Å²) in [5.74, 6) is -9.79. The lowest BCUT2D eigenvalue weighted by Gasteiger charge is -2.36. The van der Waals surface area contributed by atoms with Gasteiger partial charge in [0.2, 0.25) is 11.8 Å². The molecule has 1 aliphatic heterocycles. The van der Waals surface area contributed by atoms with Crippen LogP contribution in [-0.2, 0) is 21.4 Å². The van der Waals surface area contributed by atoms with Crippen molar-refractivity contribution in [2.24, 2.45) is 0 Å². The second kappa shape index (κ2) is 8.47. The van der Waals surface area contributed by atoms with Crippen LogP contribution in [0.15, 0.2) is 48.5 Å². The van der Waals surface area contributed by atoms with E-state index in [-0.39, 0.29) is 19.8 Å². The highest BCUT2D eigenvalue weighted by Gasteiger charge is 2.47. The predicted molar refractivity (Wildman–Crippen MR) is 104 cm³/mol. The smallest absolute Gasteiger partial charge is 0.274 e. The Morgan fingerprint density at radius 1 is 0.677 bits per heavy atom. The van der Waals surface area contributed by atoms with Crippen molar-refractivity contribution in [2.75, 3.05) is 13.1 Å². The van der Waals surface area contributed by atoms with Crippen LogP contribution in [-0.4, -0.2) is 40.7 Å². The van der Waals surface area contributed by atoms with E-state index < -0.39 is 60.3 Å². The van der Waals surface area contributed by atoms with E-state index in [0.29, 0.717) is 0 Å². The molecule has 1 heterocycles. The highest BCUT2D eigenvalue weighted by Crippen LogP contribution is 2.34. The molecule has 0 radical (unpaired) electrons. The number of alkyl halides is 4. The molecule has 0 aliphatic carbocycles. The average Bonchev–Trinajstić information content (AvgIpc) is 2.69. The number of amides is 4. The predicted octanol–water partition coefficient (Wildman–Crippen LogP) is 5.06. The maximum absolute atomic E-state index is 14.6. The van der Waals surface area contributed by atoms with Gasteiger partial charge < -0.3 is 0 Å². The molecule has 0 atom stereocenters. The molecule has 0 bridgehead atoms. The molecule has 164 valence electrons. The summed E-state index contributed by atoms with van der Waals surface area (Å²) in [6, 6.07) is 7.32. The van der Waals surface area contributed by atoms with E-state index >= 15 is 0 Å². The van der Waals surface area contributed by atoms with Gasteiger partial charge in [0.05, 0.1) is 13.1 Å². The fraction of sp³-hybridized carbons (Fsp3) is 0.250. The number of halogens is 6. The van der Waals surface area contributed by atoms with E-state index in [9.17, 15) is 31.9 Å². The first kappa shape index (κ1) is 23.0. The van der Waals surface area contributed by atoms with Crippen LogP contribution >= 0.6 is 23.2 Å². The first-order valence-electron chi connectivity index (χ1n) is 8.83. The van der Waals surface area contributed by atoms with Crippen LogP contribution in [0, 0.1) is 0 Å². The molecular weight excluding hydrogens is 463 g/mol. The lowest BCUT2D eigenvalue weighted by molar-refractivity contribution is -0.149. The Balaban J connectivity index is 1.82. The number of imide groups is 2. The fourth-order valence-electron chi connectivity index (χ4n) is 2.96. The monoisotopic (exact) mass is 476 g/mol. The molecule has 2 aromatic carbocycles. The third kappa shape index (κ3) is 4.99. The lowest BCUT2D eigenvalue weighted by atomic mass is 10.1. The average molecular weight is 477 g/mol. The zero-order chi connectivity index (χ0) is 23.0. The molecule has 0 unspecified atom stereocenters. The van der Waals surface area contributed by atoms with Crippen molar-refractivity contribution in [1.82, 2.24) is 9.80 Å². The quantitative estimate of drug-likeness (QED) is 0.432. The summed E-state index contributed by atoms with van der Waals surface area (Å²) in [5.41, 5.74) is -1.07. The molecule has 0 spiro atoms. The van der Waals surface area contributed by atoms with Crippen LogP contribution in [0.3, 0.4) is 0 Å². The topological polar surface area (TPSA) is 57.7 Å². The van der Waals surface area contributed by atoms with Crippen LogP contribution in [0.4, 0.5) is 22.4 Å². The minimum Gasteiger partial charge on any atom is -0.274 e. The maximum atomic E-state index is 14.6. The van der Waals surface area contributed by atoms with Crippen molar-refractivity contribution in [3.05, 3.63) is 69.7 Å². The summed E-state index contributed by atoms with van der Waals surface area (Å²) in [5, 5.41) is 0.400. The molecule has 31 heavy (non-hydrogen) atoms. The molecule has 0 aromatic heterocycles. The number of hydrogen-bond acceptors (Lipinski definition) is 3. The molecule has 1 aliphatic rings. The fourth-order valence-corrected chi connectivity index (χ4v) is 3.21. The van der Waals surface area contributed by atoms with Crippen LogP contribution in [0.5, 0.6) is 0 Å². The minimum atomic E-state index is -3.69. The van der Waals surface area contributed by atoms with Gasteiger partial charge in [-0.2, -0.15) is 17.6 Å². The SMILES string of the molecule is O=C1CC(=O)N(CC(F)(F)c2ccc(Cl)cc2)C(=O)N1CC(F)(F)c1ccc(Cl)cc1. The molecule has 11 heteroatoms. The Hall–Kier alpha value is -2.65. The van der Waals surface area contributed by atoms with Crippen molar-refractivity contribution < 1.29 is 31.9 Å². The van der Waals surface area contributed by atoms with E-state index in [1.54, 1.807) is 0 Å². The number of carbonyl (C=O) groups excluding carboxylic acids is 3. The van der Waals surface area contributed by atoms with Crippen LogP contribution < -0.4 is 0 Å². The standard InChI is InChI=1S/C20H14Cl2F4N2O3/c21-14-5-1-12(2-6-14)19(23,24)10-27-16(29)9-17(30)28(18(27)31)11-20(25,26)13-3-7-15(22)8-4-13/h1-8H,9-11H2. The van der Waals surface area contributed by atoms with Gasteiger partial charge in [0.1, 0.15) is 6.42 Å². The van der Waals surface area contributed by atoms with Gasteiger partial charge in [-0.3, -0.25) is 19.4 Å². The summed E-state index contributed by atoms with van der Waals surface area (Å²) >= 11 is 11.3. The number of urea groups is 1. The van der Waals surface area contributed by atoms with E-state index in [1.165, 1.54) is 24.3 Å². The number of rotatable bonds is 6. The number of hydrogen-bond donors (Lipinski definition) is 0. The molecule has 1 saturated heterocycles. The van der Waals surface area contributed by atoms with Gasteiger partial charge in [0, 0.05) is 21.2 Å². The summed E-state index contributed by atoms with van der Waals surface area (Å²) in [6.45, 7) is -2.83. The molecule has 3 rings (SSSR count). The van der Waals surface area contributed by atoms with Crippen molar-refractivity contribution in [2.45, 2.75) is 18.3 Å². The molecule has 0 N–H and O–H groups in total. The highest BCUT2D eigenvalue weighted by molar-refractivity contribution is 6.30. The second-order valence-electron chi connectivity index (χ2n) is 6.84. The number of carbonyl (C=O) groups is 3. The number of benzene rings is 2. The Kier molecular flexibility index (Phi) is 6.29. The van der Waals surface area contributed by atoms with E-state index in [4.69, 9.17) is 23.2 Å². The summed E-state index contributed by atoms with van der Waals surface area (Å²) < 4.78 is 58.5. The van der Waals surface area contributed by atoms with Crippen molar-refractivity contribution in [3.63, 3.8) is 0 Å². The molecule has 0 saturated carbocycles. The number of nitrogens with zero attached hydrogens (tertiary/aromatic N) is 2. The third-order valence-corrected chi connectivity index (χ3v) is 5.12. The largest absolute Gasteiger partial charge is 0.333 e. The van der Waals surface area contributed by atoms with Gasteiger partial charge in [-0.15, -0.1) is 0 Å². The number of barbiturate groups is 1. The van der Waals surface area contributed by atoms with Gasteiger partial charge >= 0.3 is 6.03 Å². The first-order chi connectivity index (χ1) is 14.4. The van der Waals surface area contributed by atoms with Crippen molar-refractivity contribution in [1.29, 1.82) is 0 Å². The van der Waals surface area contributed by atoms with E-state index in [0.717, 1.165) is 24.3 Å². The van der Waals surface area contributed by atoms with Crippen molar-refractivity contribution in [3.8, 4) is 0 Å². The second-order valence-corrected chi connectivity index (χ2v) is 7.71. The minimum absolute atomic E-state index is 0.105. The molecule has 4 amide bonds. The van der Waals surface area contributed by atoms with E-state index in [2.05, 4.69) is 0 Å². The zero-order valence-electron chi connectivity index (χ0n) is 15.6. The Morgan fingerprint density at radius 3 is 1.32 bits per heavy atom.